The van der Waals surface area contributed by atoms with Crippen LogP contribution in [0.25, 0.3) is 11.3 Å². The van der Waals surface area contributed by atoms with Gasteiger partial charge < -0.3 is 15.3 Å². The maximum absolute atomic E-state index is 13.8. The summed E-state index contributed by atoms with van der Waals surface area (Å²) in [5.41, 5.74) is -0.759. The molecule has 2 aromatic rings. The van der Waals surface area contributed by atoms with Crippen LogP contribution in [-0.2, 0) is 15.8 Å². The summed E-state index contributed by atoms with van der Waals surface area (Å²) in [5.74, 6) is -1.88. The highest BCUT2D eigenvalue weighted by Crippen LogP contribution is 2.40. The van der Waals surface area contributed by atoms with E-state index in [0.29, 0.717) is 13.1 Å². The summed E-state index contributed by atoms with van der Waals surface area (Å²) < 4.78 is 42.9. The van der Waals surface area contributed by atoms with E-state index in [4.69, 9.17) is 0 Å². The van der Waals surface area contributed by atoms with Gasteiger partial charge in [0.2, 0.25) is 5.91 Å². The summed E-state index contributed by atoms with van der Waals surface area (Å²) in [5, 5.41) is 16.4. The molecule has 11 heteroatoms. The maximum Gasteiger partial charge on any atom is 0.417 e. The molecule has 1 aliphatic carbocycles. The lowest BCUT2D eigenvalue weighted by molar-refractivity contribution is -0.138. The first-order valence-electron chi connectivity index (χ1n) is 13.2. The van der Waals surface area contributed by atoms with Gasteiger partial charge in [-0.1, -0.05) is 31.0 Å². The van der Waals surface area contributed by atoms with Crippen molar-refractivity contribution in [3.8, 4) is 11.3 Å². The van der Waals surface area contributed by atoms with E-state index in [0.717, 1.165) is 51.0 Å². The molecule has 0 unspecified atom stereocenters. The second kappa shape index (κ2) is 12.0. The fourth-order valence-corrected chi connectivity index (χ4v) is 5.38. The van der Waals surface area contributed by atoms with E-state index in [1.165, 1.54) is 28.9 Å². The number of halogens is 3. The Balaban J connectivity index is 1.56. The topological polar surface area (TPSA) is 105 Å². The molecule has 0 radical (unpaired) electrons. The normalized spacial score (nSPS) is 17.4. The number of carbonyl (C=O) groups excluding carboxylic acids is 2. The average Bonchev–Trinajstić information content (AvgIpc) is 3.57. The maximum atomic E-state index is 13.8. The number of carboxylic acids is 1. The number of nitrogens with one attached hydrogen (secondary N) is 1. The number of likely N-dealkylation sites (tertiary alicyclic amines) is 1. The van der Waals surface area contributed by atoms with E-state index < -0.39 is 29.7 Å². The number of rotatable bonds is 9. The molecule has 2 N–H and O–H groups in total. The van der Waals surface area contributed by atoms with Gasteiger partial charge in [-0.2, -0.15) is 18.3 Å². The van der Waals surface area contributed by atoms with Gasteiger partial charge in [0.15, 0.2) is 5.69 Å². The number of hydrogen-bond donors (Lipinski definition) is 2. The summed E-state index contributed by atoms with van der Waals surface area (Å²) in [4.78, 5) is 39.0. The summed E-state index contributed by atoms with van der Waals surface area (Å²) >= 11 is 0. The molecule has 4 rings (SSSR count). The second-order valence-electron chi connectivity index (χ2n) is 10.1. The number of amides is 2. The molecule has 2 aliphatic rings. The third-order valence-electron chi connectivity index (χ3n) is 7.32. The number of piperidine rings is 1. The number of aromatic nitrogens is 2. The van der Waals surface area contributed by atoms with Crippen LogP contribution in [0.15, 0.2) is 30.3 Å². The molecule has 1 saturated heterocycles. The van der Waals surface area contributed by atoms with Crippen LogP contribution in [0.1, 0.15) is 86.3 Å². The molecule has 206 valence electrons. The number of carboxylic acid groups (broad SMARTS) is 1. The van der Waals surface area contributed by atoms with Crippen LogP contribution in [0.3, 0.4) is 0 Å². The van der Waals surface area contributed by atoms with Gasteiger partial charge in [-0.3, -0.25) is 19.1 Å². The van der Waals surface area contributed by atoms with Crippen molar-refractivity contribution in [2.45, 2.75) is 82.5 Å². The minimum Gasteiger partial charge on any atom is -0.481 e. The van der Waals surface area contributed by atoms with Crippen LogP contribution in [0.2, 0.25) is 0 Å². The van der Waals surface area contributed by atoms with Crippen LogP contribution < -0.4 is 5.32 Å². The number of nitrogens with zero attached hydrogens (tertiary/aromatic N) is 3. The molecule has 1 saturated carbocycles. The zero-order chi connectivity index (χ0) is 27.3. The van der Waals surface area contributed by atoms with Gasteiger partial charge in [0.25, 0.3) is 5.91 Å². The van der Waals surface area contributed by atoms with E-state index in [2.05, 4.69) is 10.4 Å². The van der Waals surface area contributed by atoms with Gasteiger partial charge in [-0.05, 0) is 50.7 Å². The Kier molecular flexibility index (Phi) is 8.73. The van der Waals surface area contributed by atoms with Crippen molar-refractivity contribution < 1.29 is 32.7 Å². The quantitative estimate of drug-likeness (QED) is 0.469. The molecule has 1 atom stereocenters. The summed E-state index contributed by atoms with van der Waals surface area (Å²) in [6, 6.07) is 5.59. The Labute approximate surface area is 219 Å². The monoisotopic (exact) mass is 534 g/mol. The van der Waals surface area contributed by atoms with Gasteiger partial charge in [-0.25, -0.2) is 0 Å². The molecule has 0 spiro atoms. The Morgan fingerprint density at radius 1 is 1.05 bits per heavy atom. The molecule has 8 nitrogen and oxygen atoms in total. The van der Waals surface area contributed by atoms with Crippen LogP contribution in [0.5, 0.6) is 0 Å². The second-order valence-corrected chi connectivity index (χ2v) is 10.1. The van der Waals surface area contributed by atoms with Crippen molar-refractivity contribution in [2.24, 2.45) is 0 Å². The molecule has 0 bridgehead atoms. The summed E-state index contributed by atoms with van der Waals surface area (Å²) in [6.45, 7) is 1.35. The van der Waals surface area contributed by atoms with Gasteiger partial charge >= 0.3 is 12.1 Å². The van der Waals surface area contributed by atoms with Crippen molar-refractivity contribution in [3.05, 3.63) is 41.6 Å². The lowest BCUT2D eigenvalue weighted by atomic mass is 10.0. The van der Waals surface area contributed by atoms with Crippen molar-refractivity contribution >= 4 is 17.8 Å². The van der Waals surface area contributed by atoms with E-state index in [1.54, 1.807) is 4.90 Å². The van der Waals surface area contributed by atoms with Gasteiger partial charge in [0.05, 0.1) is 23.7 Å². The summed E-state index contributed by atoms with van der Waals surface area (Å²) in [7, 11) is 0. The average molecular weight is 535 g/mol. The van der Waals surface area contributed by atoms with Gasteiger partial charge in [-0.15, -0.1) is 0 Å². The summed E-state index contributed by atoms with van der Waals surface area (Å²) in [6.07, 6.45) is 1.52. The first-order chi connectivity index (χ1) is 18.1. The van der Waals surface area contributed by atoms with Crippen LogP contribution in [0.4, 0.5) is 13.2 Å². The predicted octanol–water partition coefficient (Wildman–Crippen LogP) is 5.05. The SMILES string of the molecule is O=C(O)C[C@H](CCC(=O)N1CCCCC1)NC(=O)c1cc(-c2ccccc2C(F)(F)F)n(C2CCCC2)n1. The van der Waals surface area contributed by atoms with Crippen molar-refractivity contribution in [1.82, 2.24) is 20.0 Å². The molecule has 1 aromatic carbocycles. The van der Waals surface area contributed by atoms with E-state index in [-0.39, 0.29) is 48.2 Å². The Hall–Kier alpha value is -3.37. The first-order valence-corrected chi connectivity index (χ1v) is 13.2. The highest BCUT2D eigenvalue weighted by molar-refractivity contribution is 5.94. The minimum absolute atomic E-state index is 0.0623. The lowest BCUT2D eigenvalue weighted by Crippen LogP contribution is -2.39. The molecule has 2 heterocycles. The number of hydrogen-bond acceptors (Lipinski definition) is 4. The molecule has 38 heavy (non-hydrogen) atoms. The van der Waals surface area contributed by atoms with E-state index >= 15 is 0 Å². The molecule has 2 amide bonds. The fourth-order valence-electron chi connectivity index (χ4n) is 5.38. The van der Waals surface area contributed by atoms with Crippen molar-refractivity contribution in [3.63, 3.8) is 0 Å². The minimum atomic E-state index is -4.59. The molecule has 2 fully saturated rings. The Morgan fingerprint density at radius 2 is 1.74 bits per heavy atom. The largest absolute Gasteiger partial charge is 0.481 e. The number of alkyl halides is 3. The van der Waals surface area contributed by atoms with Gasteiger partial charge in [0, 0.05) is 31.1 Å². The lowest BCUT2D eigenvalue weighted by Gasteiger charge is -2.27. The number of carbonyl (C=O) groups is 3. The Bertz CT molecular complexity index is 1150. The van der Waals surface area contributed by atoms with Crippen LogP contribution in [-0.4, -0.2) is 56.7 Å². The molecule has 1 aliphatic heterocycles. The Morgan fingerprint density at radius 3 is 2.39 bits per heavy atom. The molecular formula is C27H33F3N4O4. The van der Waals surface area contributed by atoms with Crippen molar-refractivity contribution in [1.29, 1.82) is 0 Å². The predicted molar refractivity (Wildman–Crippen MR) is 133 cm³/mol. The number of benzene rings is 1. The third-order valence-corrected chi connectivity index (χ3v) is 7.32. The smallest absolute Gasteiger partial charge is 0.417 e. The first kappa shape index (κ1) is 27.7. The van der Waals surface area contributed by atoms with Crippen LogP contribution in [0, 0.1) is 0 Å². The fraction of sp³-hybridized carbons (Fsp3) is 0.556. The van der Waals surface area contributed by atoms with Crippen molar-refractivity contribution in [2.75, 3.05) is 13.1 Å². The standard InChI is InChI=1S/C27H33F3N4O4/c28-27(29,30)21-11-5-4-10-20(21)23-17-22(32-34(23)19-8-2-3-9-19)26(38)31-18(16-25(36)37)12-13-24(35)33-14-6-1-7-15-33/h4-5,10-11,17-19H,1-3,6-9,12-16H2,(H,31,38)(H,36,37)/t18-/m0/s1. The van der Waals surface area contributed by atoms with Gasteiger partial charge in [0.1, 0.15) is 0 Å². The van der Waals surface area contributed by atoms with E-state index in [9.17, 15) is 32.7 Å². The third kappa shape index (κ3) is 6.73. The van der Waals surface area contributed by atoms with E-state index in [1.807, 2.05) is 0 Å². The highest BCUT2D eigenvalue weighted by Gasteiger charge is 2.35. The zero-order valence-corrected chi connectivity index (χ0v) is 21.2. The molecular weight excluding hydrogens is 501 g/mol. The molecule has 1 aromatic heterocycles. The highest BCUT2D eigenvalue weighted by atomic mass is 19.4. The zero-order valence-electron chi connectivity index (χ0n) is 21.2. The van der Waals surface area contributed by atoms with Crippen LogP contribution >= 0.6 is 0 Å². The number of aliphatic carboxylic acids is 1.